The van der Waals surface area contributed by atoms with E-state index in [0.717, 1.165) is 58.5 Å². The molecule has 1 N–H and O–H groups in total. The second kappa shape index (κ2) is 11.1. The Kier molecular flexibility index (Phi) is 7.95. The van der Waals surface area contributed by atoms with E-state index in [-0.39, 0.29) is 5.41 Å². The Hall–Kier alpha value is -2.21. The number of amides is 1. The predicted octanol–water partition coefficient (Wildman–Crippen LogP) is 3.21. The van der Waals surface area contributed by atoms with Crippen molar-refractivity contribution in [2.24, 2.45) is 11.3 Å². The van der Waals surface area contributed by atoms with Crippen molar-refractivity contribution in [3.63, 3.8) is 0 Å². The molecule has 1 atom stereocenters. The maximum absolute atomic E-state index is 14.0. The summed E-state index contributed by atoms with van der Waals surface area (Å²) in [5.41, 5.74) is 2.16. The smallest absolute Gasteiger partial charge is 0.229 e. The fourth-order valence-electron chi connectivity index (χ4n) is 5.04. The van der Waals surface area contributed by atoms with Crippen LogP contribution < -0.4 is 5.32 Å². The fraction of sp³-hybridized carbons (Fsp3) is 0.519. The number of carbonyl (C=O) groups excluding carboxylic acids is 1. The van der Waals surface area contributed by atoms with E-state index < -0.39 is 0 Å². The van der Waals surface area contributed by atoms with Crippen molar-refractivity contribution in [2.45, 2.75) is 25.9 Å². The number of rotatable bonds is 7. The summed E-state index contributed by atoms with van der Waals surface area (Å²) in [7, 11) is 2.16. The zero-order valence-electron chi connectivity index (χ0n) is 19.3. The first-order chi connectivity index (χ1) is 15.6. The van der Waals surface area contributed by atoms with Crippen LogP contribution in [0.15, 0.2) is 60.7 Å². The molecule has 172 valence electrons. The molecule has 5 nitrogen and oxygen atoms in total. The van der Waals surface area contributed by atoms with Crippen LogP contribution >= 0.6 is 0 Å². The number of hydrogen-bond acceptors (Lipinski definition) is 4. The lowest BCUT2D eigenvalue weighted by atomic mass is 9.72. The number of nitrogens with zero attached hydrogens (tertiary/aromatic N) is 2. The van der Waals surface area contributed by atoms with Crippen LogP contribution in [0.4, 0.5) is 0 Å². The first-order valence-corrected chi connectivity index (χ1v) is 12.0. The van der Waals surface area contributed by atoms with E-state index in [0.29, 0.717) is 25.0 Å². The summed E-state index contributed by atoms with van der Waals surface area (Å²) in [4.78, 5) is 18.5. The average molecular weight is 436 g/mol. The number of benzene rings is 2. The summed E-state index contributed by atoms with van der Waals surface area (Å²) in [5.74, 6) is 0.649. The Morgan fingerprint density at radius 2 is 1.66 bits per heavy atom. The number of ether oxygens (including phenoxy) is 1. The maximum atomic E-state index is 14.0. The highest BCUT2D eigenvalue weighted by atomic mass is 16.5. The molecule has 2 saturated heterocycles. The average Bonchev–Trinajstić information content (AvgIpc) is 3.07. The highest BCUT2D eigenvalue weighted by Crippen LogP contribution is 2.37. The van der Waals surface area contributed by atoms with E-state index >= 15 is 0 Å². The number of carbonyl (C=O) groups is 1. The van der Waals surface area contributed by atoms with Crippen LogP contribution in [-0.4, -0.2) is 68.6 Å². The van der Waals surface area contributed by atoms with E-state index in [4.69, 9.17) is 4.74 Å². The van der Waals surface area contributed by atoms with Crippen LogP contribution in [0, 0.1) is 11.3 Å². The SMILES string of the molecule is CN1CCC(Cc2ccccc2)(C(=O)N2CCNC[C@H](COCc3ccccc3)C2)CC1. The van der Waals surface area contributed by atoms with Gasteiger partial charge in [0.15, 0.2) is 0 Å². The molecule has 1 amide bonds. The molecule has 2 fully saturated rings. The van der Waals surface area contributed by atoms with E-state index in [1.165, 1.54) is 11.1 Å². The van der Waals surface area contributed by atoms with Crippen molar-refractivity contribution in [2.75, 3.05) is 52.9 Å². The van der Waals surface area contributed by atoms with Crippen molar-refractivity contribution in [1.82, 2.24) is 15.1 Å². The van der Waals surface area contributed by atoms with Crippen LogP contribution in [0.2, 0.25) is 0 Å². The van der Waals surface area contributed by atoms with Gasteiger partial charge in [-0.25, -0.2) is 0 Å². The molecule has 2 aliphatic heterocycles. The van der Waals surface area contributed by atoms with Gasteiger partial charge in [-0.05, 0) is 50.5 Å². The molecule has 0 spiro atoms. The van der Waals surface area contributed by atoms with Crippen molar-refractivity contribution in [3.8, 4) is 0 Å². The number of nitrogens with one attached hydrogen (secondary N) is 1. The van der Waals surface area contributed by atoms with Gasteiger partial charge in [0.2, 0.25) is 5.91 Å². The third kappa shape index (κ3) is 5.97. The second-order valence-corrected chi connectivity index (χ2v) is 9.57. The van der Waals surface area contributed by atoms with Crippen LogP contribution in [0.1, 0.15) is 24.0 Å². The topological polar surface area (TPSA) is 44.8 Å². The van der Waals surface area contributed by atoms with Gasteiger partial charge in [0.1, 0.15) is 0 Å². The summed E-state index contributed by atoms with van der Waals surface area (Å²) in [5, 5.41) is 3.52. The normalized spacial score (nSPS) is 21.8. The first kappa shape index (κ1) is 23.0. The molecule has 2 aromatic rings. The molecule has 2 heterocycles. The van der Waals surface area contributed by atoms with Crippen molar-refractivity contribution in [3.05, 3.63) is 71.8 Å². The van der Waals surface area contributed by atoms with E-state index in [1.807, 2.05) is 24.3 Å². The summed E-state index contributed by atoms with van der Waals surface area (Å²) in [6, 6.07) is 20.8. The largest absolute Gasteiger partial charge is 0.376 e. The fourth-order valence-corrected chi connectivity index (χ4v) is 5.04. The third-order valence-electron chi connectivity index (χ3n) is 7.01. The minimum Gasteiger partial charge on any atom is -0.376 e. The summed E-state index contributed by atoms with van der Waals surface area (Å²) in [6.07, 6.45) is 2.69. The molecule has 0 aromatic heterocycles. The molecular formula is C27H37N3O2. The molecule has 0 unspecified atom stereocenters. The minimum absolute atomic E-state index is 0.298. The highest BCUT2D eigenvalue weighted by Gasteiger charge is 2.43. The van der Waals surface area contributed by atoms with Crippen molar-refractivity contribution < 1.29 is 9.53 Å². The lowest BCUT2D eigenvalue weighted by molar-refractivity contribution is -0.145. The number of hydrogen-bond donors (Lipinski definition) is 1. The standard InChI is InChI=1S/C27H37N3O2/c1-29-15-12-27(13-16-29,18-23-8-4-2-5-9-23)26(31)30-17-14-28-19-25(20-30)22-32-21-24-10-6-3-7-11-24/h2-11,25,28H,12-22H2,1H3/t25-/m0/s1. The molecule has 0 aliphatic carbocycles. The Morgan fingerprint density at radius 3 is 2.34 bits per heavy atom. The van der Waals surface area contributed by atoms with Gasteiger partial charge >= 0.3 is 0 Å². The molecule has 0 bridgehead atoms. The van der Waals surface area contributed by atoms with Crippen LogP contribution in [0.25, 0.3) is 0 Å². The zero-order valence-corrected chi connectivity index (χ0v) is 19.3. The molecule has 0 saturated carbocycles. The summed E-state index contributed by atoms with van der Waals surface area (Å²) >= 11 is 0. The van der Waals surface area contributed by atoms with Gasteiger partial charge in [-0.1, -0.05) is 60.7 Å². The van der Waals surface area contributed by atoms with E-state index in [1.54, 1.807) is 0 Å². The second-order valence-electron chi connectivity index (χ2n) is 9.57. The minimum atomic E-state index is -0.298. The Labute approximate surface area is 192 Å². The molecule has 2 aliphatic rings. The third-order valence-corrected chi connectivity index (χ3v) is 7.01. The van der Waals surface area contributed by atoms with Gasteiger partial charge in [0, 0.05) is 32.1 Å². The molecular weight excluding hydrogens is 398 g/mol. The van der Waals surface area contributed by atoms with Gasteiger partial charge < -0.3 is 19.9 Å². The van der Waals surface area contributed by atoms with Crippen LogP contribution in [-0.2, 0) is 22.6 Å². The highest BCUT2D eigenvalue weighted by molar-refractivity contribution is 5.83. The predicted molar refractivity (Wildman–Crippen MR) is 128 cm³/mol. The molecule has 2 aromatic carbocycles. The van der Waals surface area contributed by atoms with Gasteiger partial charge in [-0.3, -0.25) is 4.79 Å². The van der Waals surface area contributed by atoms with Crippen molar-refractivity contribution in [1.29, 1.82) is 0 Å². The molecule has 32 heavy (non-hydrogen) atoms. The van der Waals surface area contributed by atoms with Crippen LogP contribution in [0.3, 0.4) is 0 Å². The van der Waals surface area contributed by atoms with Gasteiger partial charge in [0.05, 0.1) is 18.6 Å². The summed E-state index contributed by atoms with van der Waals surface area (Å²) < 4.78 is 6.04. The van der Waals surface area contributed by atoms with E-state index in [9.17, 15) is 4.79 Å². The van der Waals surface area contributed by atoms with Crippen molar-refractivity contribution >= 4 is 5.91 Å². The summed E-state index contributed by atoms with van der Waals surface area (Å²) in [6.45, 7) is 6.54. The Morgan fingerprint density at radius 1 is 1.00 bits per heavy atom. The number of piperidine rings is 1. The lowest BCUT2D eigenvalue weighted by Crippen LogP contribution is -2.52. The monoisotopic (exact) mass is 435 g/mol. The number of likely N-dealkylation sites (tertiary alicyclic amines) is 1. The van der Waals surface area contributed by atoms with E-state index in [2.05, 4.69) is 58.6 Å². The first-order valence-electron chi connectivity index (χ1n) is 12.0. The molecule has 0 radical (unpaired) electrons. The van der Waals surface area contributed by atoms with Crippen LogP contribution in [0.5, 0.6) is 0 Å². The quantitative estimate of drug-likeness (QED) is 0.726. The maximum Gasteiger partial charge on any atom is 0.229 e. The lowest BCUT2D eigenvalue weighted by Gasteiger charge is -2.42. The van der Waals surface area contributed by atoms with Gasteiger partial charge in [-0.2, -0.15) is 0 Å². The molecule has 4 rings (SSSR count). The Balaban J connectivity index is 1.42. The Bertz CT molecular complexity index is 834. The molecule has 5 heteroatoms. The van der Waals surface area contributed by atoms with Gasteiger partial charge in [-0.15, -0.1) is 0 Å². The zero-order chi connectivity index (χ0) is 22.2. The van der Waals surface area contributed by atoms with Gasteiger partial charge in [0.25, 0.3) is 0 Å².